The number of para-hydroxylation sites is 2. The number of aromatic nitrogens is 2. The van der Waals surface area contributed by atoms with Gasteiger partial charge in [0, 0.05) is 10.9 Å². The van der Waals surface area contributed by atoms with E-state index in [1.54, 1.807) is 24.3 Å². The van der Waals surface area contributed by atoms with Gasteiger partial charge in [-0.2, -0.15) is 0 Å². The predicted molar refractivity (Wildman–Crippen MR) is 172 cm³/mol. The summed E-state index contributed by atoms with van der Waals surface area (Å²) in [5, 5.41) is 2.96. The summed E-state index contributed by atoms with van der Waals surface area (Å²) in [6, 6.07) is 26.5. The highest BCUT2D eigenvalue weighted by Gasteiger charge is 2.38. The Morgan fingerprint density at radius 3 is 1.83 bits per heavy atom. The molecule has 0 N–H and O–H groups in total. The van der Waals surface area contributed by atoms with Crippen LogP contribution in [0.15, 0.2) is 107 Å². The van der Waals surface area contributed by atoms with E-state index in [0.29, 0.717) is 20.2 Å². The molecule has 0 aliphatic rings. The van der Waals surface area contributed by atoms with Crippen molar-refractivity contribution >= 4 is 55.9 Å². The van der Waals surface area contributed by atoms with Gasteiger partial charge in [-0.3, -0.25) is 0 Å². The number of aryl methyl sites for hydroxylation is 2. The van der Waals surface area contributed by atoms with Crippen molar-refractivity contribution in [2.75, 3.05) is 0 Å². The van der Waals surface area contributed by atoms with Gasteiger partial charge in [0.25, 0.3) is 10.0 Å². The van der Waals surface area contributed by atoms with Crippen LogP contribution in [0.25, 0.3) is 33.4 Å². The molecule has 0 saturated carbocycles. The Balaban J connectivity index is 1.64. The van der Waals surface area contributed by atoms with Gasteiger partial charge in [0.05, 0.1) is 17.3 Å². The van der Waals surface area contributed by atoms with Crippen molar-refractivity contribution in [2.24, 2.45) is 0 Å². The van der Waals surface area contributed by atoms with E-state index in [4.69, 9.17) is 4.42 Å². The Hall–Kier alpha value is -4.86. The Morgan fingerprint density at radius 1 is 0.660 bits per heavy atom. The lowest BCUT2D eigenvalue weighted by atomic mass is 10.1. The van der Waals surface area contributed by atoms with Crippen molar-refractivity contribution in [2.45, 2.75) is 18.7 Å². The Kier molecular flexibility index (Phi) is 7.49. The standard InChI is InChI=1S/C35H22F5N2O3PS/c1-19-9-3-7-13-25(19)46(26-14-8-4-10-20(26)2)27-16-15-24-21(17-18-45-24)28(27)35-41-22-11-5-6-12-23(22)42(35)47(43,44)34-32(39)30(37)29(36)31(38)33(34)40/h3-18H,1-2H3. The highest BCUT2D eigenvalue weighted by molar-refractivity contribution is 7.90. The van der Waals surface area contributed by atoms with Gasteiger partial charge in [0.15, 0.2) is 34.0 Å². The molecule has 2 heterocycles. The minimum absolute atomic E-state index is 0.109. The molecule has 0 fully saturated rings. The predicted octanol–water partition coefficient (Wildman–Crippen LogP) is 7.76. The van der Waals surface area contributed by atoms with Gasteiger partial charge in [0.2, 0.25) is 5.82 Å². The molecule has 0 atom stereocenters. The molecule has 2 aromatic heterocycles. The topological polar surface area (TPSA) is 65.1 Å². The van der Waals surface area contributed by atoms with Gasteiger partial charge < -0.3 is 4.42 Å². The molecule has 5 aromatic carbocycles. The highest BCUT2D eigenvalue weighted by Crippen LogP contribution is 2.43. The van der Waals surface area contributed by atoms with Crippen molar-refractivity contribution in [1.29, 1.82) is 0 Å². The van der Waals surface area contributed by atoms with E-state index in [0.717, 1.165) is 21.7 Å². The molecule has 0 bridgehead atoms. The van der Waals surface area contributed by atoms with Crippen LogP contribution in [0.5, 0.6) is 0 Å². The molecule has 0 aliphatic carbocycles. The molecule has 0 radical (unpaired) electrons. The number of hydrogen-bond donors (Lipinski definition) is 0. The number of hydrogen-bond acceptors (Lipinski definition) is 4. The lowest BCUT2D eigenvalue weighted by Gasteiger charge is -2.25. The van der Waals surface area contributed by atoms with Crippen LogP contribution in [0, 0.1) is 42.9 Å². The second kappa shape index (κ2) is 11.4. The zero-order valence-corrected chi connectivity index (χ0v) is 26.3. The zero-order valence-electron chi connectivity index (χ0n) is 24.6. The fraction of sp³-hybridized carbons (Fsp3) is 0.0571. The average Bonchev–Trinajstić information content (AvgIpc) is 3.70. The number of imidazole rings is 1. The van der Waals surface area contributed by atoms with Gasteiger partial charge in [-0.1, -0.05) is 60.7 Å². The number of furan rings is 1. The van der Waals surface area contributed by atoms with Crippen LogP contribution in [0.4, 0.5) is 22.0 Å². The second-order valence-electron chi connectivity index (χ2n) is 10.8. The summed E-state index contributed by atoms with van der Waals surface area (Å²) >= 11 is 0. The normalized spacial score (nSPS) is 12.1. The smallest absolute Gasteiger partial charge is 0.276 e. The van der Waals surface area contributed by atoms with E-state index in [-0.39, 0.29) is 22.4 Å². The average molecular weight is 677 g/mol. The molecule has 0 saturated heterocycles. The van der Waals surface area contributed by atoms with Crippen molar-refractivity contribution in [3.63, 3.8) is 0 Å². The summed E-state index contributed by atoms with van der Waals surface area (Å²) < 4.78 is 108. The maximum atomic E-state index is 15.2. The fourth-order valence-corrected chi connectivity index (χ4v) is 10.1. The number of halogens is 5. The van der Waals surface area contributed by atoms with Gasteiger partial charge in [-0.15, -0.1) is 0 Å². The van der Waals surface area contributed by atoms with E-state index in [2.05, 4.69) is 4.98 Å². The van der Waals surface area contributed by atoms with Gasteiger partial charge in [-0.25, -0.2) is 39.3 Å². The first-order chi connectivity index (χ1) is 22.5. The maximum absolute atomic E-state index is 15.2. The number of fused-ring (bicyclic) bond motifs is 2. The lowest BCUT2D eigenvalue weighted by molar-refractivity contribution is 0.357. The van der Waals surface area contributed by atoms with Gasteiger partial charge >= 0.3 is 0 Å². The van der Waals surface area contributed by atoms with Crippen molar-refractivity contribution in [3.05, 3.63) is 137 Å². The van der Waals surface area contributed by atoms with Gasteiger partial charge in [-0.05, 0) is 79.1 Å². The summed E-state index contributed by atoms with van der Waals surface area (Å²) in [6.45, 7) is 3.92. The number of rotatable bonds is 6. The number of benzene rings is 5. The molecule has 0 unspecified atom stereocenters. The van der Waals surface area contributed by atoms with Crippen molar-refractivity contribution in [3.8, 4) is 11.4 Å². The van der Waals surface area contributed by atoms with E-state index in [1.165, 1.54) is 24.5 Å². The lowest BCUT2D eigenvalue weighted by Crippen LogP contribution is -2.26. The van der Waals surface area contributed by atoms with Crippen LogP contribution in [-0.2, 0) is 10.0 Å². The van der Waals surface area contributed by atoms with Crippen molar-refractivity contribution in [1.82, 2.24) is 8.96 Å². The van der Waals surface area contributed by atoms with Crippen LogP contribution < -0.4 is 15.9 Å². The molecule has 47 heavy (non-hydrogen) atoms. The molecular weight excluding hydrogens is 654 g/mol. The first kappa shape index (κ1) is 30.8. The molecule has 0 amide bonds. The summed E-state index contributed by atoms with van der Waals surface area (Å²) in [5.41, 5.74) is 2.52. The monoisotopic (exact) mass is 676 g/mol. The summed E-state index contributed by atoms with van der Waals surface area (Å²) in [6.07, 6.45) is 1.41. The van der Waals surface area contributed by atoms with Crippen LogP contribution in [0.2, 0.25) is 0 Å². The molecule has 5 nitrogen and oxygen atoms in total. The molecule has 7 rings (SSSR count). The third kappa shape index (κ3) is 4.75. The maximum Gasteiger partial charge on any atom is 0.276 e. The summed E-state index contributed by atoms with van der Waals surface area (Å²) in [4.78, 5) is 2.66. The van der Waals surface area contributed by atoms with E-state index < -0.39 is 51.9 Å². The van der Waals surface area contributed by atoms with Crippen LogP contribution in [0.1, 0.15) is 11.1 Å². The zero-order chi connectivity index (χ0) is 33.2. The van der Waals surface area contributed by atoms with Crippen LogP contribution in [0.3, 0.4) is 0 Å². The third-order valence-electron chi connectivity index (χ3n) is 7.98. The van der Waals surface area contributed by atoms with Crippen molar-refractivity contribution < 1.29 is 34.8 Å². The Morgan fingerprint density at radius 2 is 1.21 bits per heavy atom. The quantitative estimate of drug-likeness (QED) is 0.0782. The molecule has 0 spiro atoms. The third-order valence-corrected chi connectivity index (χ3v) is 12.5. The second-order valence-corrected chi connectivity index (χ2v) is 14.6. The minimum Gasteiger partial charge on any atom is -0.464 e. The van der Waals surface area contributed by atoms with Crippen LogP contribution >= 0.6 is 7.92 Å². The molecule has 7 aromatic rings. The first-order valence-electron chi connectivity index (χ1n) is 14.2. The summed E-state index contributed by atoms with van der Waals surface area (Å²) in [5.74, 6) is -12.5. The summed E-state index contributed by atoms with van der Waals surface area (Å²) in [7, 11) is -6.98. The molecule has 236 valence electrons. The van der Waals surface area contributed by atoms with Crippen LogP contribution in [-0.4, -0.2) is 17.4 Å². The minimum atomic E-state index is -5.53. The first-order valence-corrected chi connectivity index (χ1v) is 17.0. The highest BCUT2D eigenvalue weighted by atomic mass is 32.2. The Bertz CT molecular complexity index is 2420. The molecule has 0 aliphatic heterocycles. The van der Waals surface area contributed by atoms with Gasteiger partial charge in [0.1, 0.15) is 5.58 Å². The number of nitrogens with zero attached hydrogens (tertiary/aromatic N) is 2. The SMILES string of the molecule is Cc1ccccc1P(c1ccccc1C)c1ccc2occc2c1-c1nc2ccccc2n1S(=O)(=O)c1c(F)c(F)c(F)c(F)c1F. The Labute approximate surface area is 266 Å². The van der Waals surface area contributed by atoms with E-state index >= 15 is 8.78 Å². The fourth-order valence-electron chi connectivity index (χ4n) is 5.78. The largest absolute Gasteiger partial charge is 0.464 e. The molecular formula is C35H22F5N2O3PS. The van der Waals surface area contributed by atoms with E-state index in [9.17, 15) is 21.6 Å². The molecule has 12 heteroatoms. The van der Waals surface area contributed by atoms with E-state index in [1.807, 2.05) is 62.4 Å².